The minimum atomic E-state index is -3.91. The molecule has 6 nitrogen and oxygen atoms in total. The number of morpholine rings is 1. The van der Waals surface area contributed by atoms with Crippen LogP contribution in [0.3, 0.4) is 0 Å². The van der Waals surface area contributed by atoms with Gasteiger partial charge in [-0.15, -0.1) is 0 Å². The molecule has 82 valence electrons. The maximum atomic E-state index is 11.2. The fourth-order valence-electron chi connectivity index (χ4n) is 1.17. The number of hydrogen-bond acceptors (Lipinski definition) is 5. The third-order valence-electron chi connectivity index (χ3n) is 1.83. The van der Waals surface area contributed by atoms with E-state index in [4.69, 9.17) is 15.4 Å². The number of carbonyl (C=O) groups is 1. The van der Waals surface area contributed by atoms with Crippen LogP contribution in [0.25, 0.3) is 0 Å². The molecule has 1 rings (SSSR count). The summed E-state index contributed by atoms with van der Waals surface area (Å²) in [6.07, 6.45) is 0. The molecule has 0 radical (unpaired) electrons. The van der Waals surface area contributed by atoms with E-state index in [2.05, 4.69) is 4.74 Å². The summed E-state index contributed by atoms with van der Waals surface area (Å²) < 4.78 is 32.4. The molecule has 0 aromatic carbocycles. The van der Waals surface area contributed by atoms with Gasteiger partial charge in [-0.05, 0) is 0 Å². The van der Waals surface area contributed by atoms with Crippen molar-refractivity contribution in [2.75, 3.05) is 26.9 Å². The van der Waals surface area contributed by atoms with Gasteiger partial charge in [0.25, 0.3) is 0 Å². The van der Waals surface area contributed by atoms with Gasteiger partial charge in [0.15, 0.2) is 0 Å². The summed E-state index contributed by atoms with van der Waals surface area (Å²) >= 11 is 0. The van der Waals surface area contributed by atoms with Gasteiger partial charge in [0.1, 0.15) is 6.04 Å². The smallest absolute Gasteiger partial charge is 0.326 e. The molecule has 1 aliphatic heterocycles. The fourth-order valence-corrected chi connectivity index (χ4v) is 2.41. The SMILES string of the molecule is COC(=O)C1COCCN1S(=O)(=O)Cl. The monoisotopic (exact) mass is 243 g/mol. The van der Waals surface area contributed by atoms with Gasteiger partial charge < -0.3 is 9.47 Å². The van der Waals surface area contributed by atoms with Gasteiger partial charge in [-0.1, -0.05) is 0 Å². The number of methoxy groups -OCH3 is 1. The van der Waals surface area contributed by atoms with Crippen LogP contribution >= 0.6 is 10.7 Å². The van der Waals surface area contributed by atoms with Gasteiger partial charge in [0.05, 0.1) is 20.3 Å². The molecule has 0 aromatic rings. The van der Waals surface area contributed by atoms with Crippen molar-refractivity contribution in [2.24, 2.45) is 0 Å². The van der Waals surface area contributed by atoms with E-state index in [9.17, 15) is 13.2 Å². The van der Waals surface area contributed by atoms with E-state index in [0.29, 0.717) is 0 Å². The summed E-state index contributed by atoms with van der Waals surface area (Å²) in [6.45, 7) is 0.254. The molecule has 1 fully saturated rings. The van der Waals surface area contributed by atoms with Gasteiger partial charge >= 0.3 is 15.2 Å². The lowest BCUT2D eigenvalue weighted by molar-refractivity contribution is -0.149. The van der Waals surface area contributed by atoms with E-state index in [0.717, 1.165) is 4.31 Å². The van der Waals surface area contributed by atoms with Crippen LogP contribution in [0.5, 0.6) is 0 Å². The Balaban J connectivity index is 2.85. The van der Waals surface area contributed by atoms with E-state index >= 15 is 0 Å². The molecule has 0 N–H and O–H groups in total. The van der Waals surface area contributed by atoms with Crippen molar-refractivity contribution in [3.8, 4) is 0 Å². The molecule has 0 spiro atoms. The van der Waals surface area contributed by atoms with Gasteiger partial charge in [0, 0.05) is 17.2 Å². The molecule has 0 aliphatic carbocycles. The normalized spacial score (nSPS) is 24.6. The number of rotatable bonds is 2. The Kier molecular flexibility index (Phi) is 3.71. The maximum Gasteiger partial charge on any atom is 0.326 e. The highest BCUT2D eigenvalue weighted by Crippen LogP contribution is 2.16. The van der Waals surface area contributed by atoms with Crippen LogP contribution in [0.2, 0.25) is 0 Å². The van der Waals surface area contributed by atoms with E-state index in [-0.39, 0.29) is 19.8 Å². The first kappa shape index (κ1) is 11.7. The number of hydrogen-bond donors (Lipinski definition) is 0. The Morgan fingerprint density at radius 1 is 1.64 bits per heavy atom. The second kappa shape index (κ2) is 4.43. The number of ether oxygens (including phenoxy) is 2. The summed E-state index contributed by atoms with van der Waals surface area (Å²) in [4.78, 5) is 11.2. The zero-order valence-electron chi connectivity index (χ0n) is 7.47. The third-order valence-corrected chi connectivity index (χ3v) is 3.36. The first-order chi connectivity index (χ1) is 6.46. The predicted octanol–water partition coefficient (Wildman–Crippen LogP) is -0.656. The maximum absolute atomic E-state index is 11.2. The van der Waals surface area contributed by atoms with Crippen molar-refractivity contribution in [1.82, 2.24) is 4.31 Å². The molecule has 0 bridgehead atoms. The number of halogens is 1. The molecule has 8 heteroatoms. The van der Waals surface area contributed by atoms with Crippen LogP contribution in [0.1, 0.15) is 0 Å². The second-order valence-electron chi connectivity index (χ2n) is 2.67. The molecule has 0 aromatic heterocycles. The molecule has 14 heavy (non-hydrogen) atoms. The van der Waals surface area contributed by atoms with Crippen molar-refractivity contribution in [3.05, 3.63) is 0 Å². The Bertz CT molecular complexity index is 316. The van der Waals surface area contributed by atoms with E-state index in [1.54, 1.807) is 0 Å². The Labute approximate surface area is 86.3 Å². The summed E-state index contributed by atoms with van der Waals surface area (Å²) in [5.74, 6) is -0.672. The lowest BCUT2D eigenvalue weighted by Gasteiger charge is -2.30. The second-order valence-corrected chi connectivity index (χ2v) is 5.13. The first-order valence-corrected chi connectivity index (χ1v) is 6.10. The summed E-state index contributed by atoms with van der Waals surface area (Å²) in [5.41, 5.74) is 0. The van der Waals surface area contributed by atoms with Gasteiger partial charge in [-0.2, -0.15) is 12.7 Å². The van der Waals surface area contributed by atoms with E-state index in [1.807, 2.05) is 0 Å². The molecule has 0 saturated carbocycles. The molecule has 1 atom stereocenters. The van der Waals surface area contributed by atoms with Crippen LogP contribution < -0.4 is 0 Å². The molecule has 1 heterocycles. The van der Waals surface area contributed by atoms with Crippen LogP contribution in [0.15, 0.2) is 0 Å². The minimum Gasteiger partial charge on any atom is -0.468 e. The standard InChI is InChI=1S/C6H10ClNO5S/c1-12-6(9)5-4-13-3-2-8(5)14(7,10)11/h5H,2-4H2,1H3. The number of esters is 1. The first-order valence-electron chi connectivity index (χ1n) is 3.84. The topological polar surface area (TPSA) is 72.9 Å². The molecule has 0 amide bonds. The highest BCUT2D eigenvalue weighted by molar-refractivity contribution is 8.11. The largest absolute Gasteiger partial charge is 0.468 e. The van der Waals surface area contributed by atoms with Crippen LogP contribution in [0, 0.1) is 0 Å². The van der Waals surface area contributed by atoms with Crippen molar-refractivity contribution in [2.45, 2.75) is 6.04 Å². The van der Waals surface area contributed by atoms with E-state index < -0.39 is 21.2 Å². The van der Waals surface area contributed by atoms with Crippen molar-refractivity contribution in [3.63, 3.8) is 0 Å². The van der Waals surface area contributed by atoms with Gasteiger partial charge in [-0.25, -0.2) is 0 Å². The zero-order chi connectivity index (χ0) is 10.8. The van der Waals surface area contributed by atoms with Crippen LogP contribution in [0.4, 0.5) is 0 Å². The summed E-state index contributed by atoms with van der Waals surface area (Å²) in [6, 6.07) is -0.976. The van der Waals surface area contributed by atoms with Crippen molar-refractivity contribution >= 4 is 25.9 Å². The lowest BCUT2D eigenvalue weighted by Crippen LogP contribution is -2.51. The number of carbonyl (C=O) groups excluding carboxylic acids is 1. The quantitative estimate of drug-likeness (QED) is 0.476. The van der Waals surface area contributed by atoms with Gasteiger partial charge in [0.2, 0.25) is 0 Å². The molecular formula is C6H10ClNO5S. The summed E-state index contributed by atoms with van der Waals surface area (Å²) in [7, 11) is 2.41. The van der Waals surface area contributed by atoms with Crippen molar-refractivity contribution in [1.29, 1.82) is 0 Å². The zero-order valence-corrected chi connectivity index (χ0v) is 9.05. The van der Waals surface area contributed by atoms with Crippen molar-refractivity contribution < 1.29 is 22.7 Å². The van der Waals surface area contributed by atoms with Crippen LogP contribution in [-0.2, 0) is 23.5 Å². The molecule has 1 saturated heterocycles. The highest BCUT2D eigenvalue weighted by atomic mass is 35.7. The molecular weight excluding hydrogens is 234 g/mol. The predicted molar refractivity (Wildman–Crippen MR) is 48.1 cm³/mol. The van der Waals surface area contributed by atoms with Crippen LogP contribution in [-0.4, -0.2) is 51.6 Å². The minimum absolute atomic E-state index is 0.0291. The molecule has 1 aliphatic rings. The fraction of sp³-hybridized carbons (Fsp3) is 0.833. The van der Waals surface area contributed by atoms with E-state index in [1.165, 1.54) is 7.11 Å². The highest BCUT2D eigenvalue weighted by Gasteiger charge is 2.37. The average Bonchev–Trinajstić information content (AvgIpc) is 2.15. The Hall–Kier alpha value is -0.370. The number of nitrogens with zero attached hydrogens (tertiary/aromatic N) is 1. The third kappa shape index (κ3) is 2.57. The Morgan fingerprint density at radius 2 is 2.29 bits per heavy atom. The Morgan fingerprint density at radius 3 is 2.79 bits per heavy atom. The molecule has 1 unspecified atom stereocenters. The lowest BCUT2D eigenvalue weighted by atomic mass is 10.3. The summed E-state index contributed by atoms with van der Waals surface area (Å²) in [5, 5.41) is 0. The average molecular weight is 244 g/mol. The van der Waals surface area contributed by atoms with Gasteiger partial charge in [-0.3, -0.25) is 4.79 Å².